The van der Waals surface area contributed by atoms with Crippen LogP contribution in [0.5, 0.6) is 5.75 Å². The normalized spacial score (nSPS) is 9.69. The van der Waals surface area contributed by atoms with E-state index >= 15 is 0 Å². The van der Waals surface area contributed by atoms with E-state index < -0.39 is 0 Å². The van der Waals surface area contributed by atoms with E-state index in [1.54, 1.807) is 18.2 Å². The van der Waals surface area contributed by atoms with Crippen LogP contribution in [0.3, 0.4) is 0 Å². The maximum atomic E-state index is 10.4. The molecule has 0 aromatic heterocycles. The van der Waals surface area contributed by atoms with E-state index in [-0.39, 0.29) is 6.79 Å². The van der Waals surface area contributed by atoms with Crippen molar-refractivity contribution < 1.29 is 14.3 Å². The average molecular weight is 201 g/mol. The van der Waals surface area contributed by atoms with Gasteiger partial charge in [-0.25, -0.2) is 0 Å². The van der Waals surface area contributed by atoms with Crippen LogP contribution in [0.1, 0.15) is 10.4 Å². The third-order valence-corrected chi connectivity index (χ3v) is 1.74. The summed E-state index contributed by atoms with van der Waals surface area (Å²) in [6.45, 7) is 0.113. The Morgan fingerprint density at radius 2 is 2.31 bits per heavy atom. The van der Waals surface area contributed by atoms with Crippen LogP contribution >= 0.6 is 11.6 Å². The zero-order chi connectivity index (χ0) is 9.68. The van der Waals surface area contributed by atoms with Crippen LogP contribution in [-0.4, -0.2) is 20.2 Å². The summed E-state index contributed by atoms with van der Waals surface area (Å²) in [6, 6.07) is 4.79. The monoisotopic (exact) mass is 200 g/mol. The Kier molecular flexibility index (Phi) is 3.73. The fraction of sp³-hybridized carbons (Fsp3) is 0.222. The minimum atomic E-state index is 0.113. The molecule has 4 heteroatoms. The number of aldehydes is 1. The predicted octanol–water partition coefficient (Wildman–Crippen LogP) is 2.14. The number of halogens is 1. The van der Waals surface area contributed by atoms with Gasteiger partial charge in [0.25, 0.3) is 0 Å². The van der Waals surface area contributed by atoms with Crippen molar-refractivity contribution in [2.24, 2.45) is 0 Å². The summed E-state index contributed by atoms with van der Waals surface area (Å²) in [6.07, 6.45) is 0.732. The summed E-state index contributed by atoms with van der Waals surface area (Å²) in [5.41, 5.74) is 0.524. The molecule has 1 aromatic rings. The third-order valence-electron chi connectivity index (χ3n) is 1.42. The Balaban J connectivity index is 2.83. The average Bonchev–Trinajstić information content (AvgIpc) is 2.17. The molecule has 0 amide bonds. The van der Waals surface area contributed by atoms with E-state index in [1.165, 1.54) is 7.11 Å². The molecule has 13 heavy (non-hydrogen) atoms. The highest BCUT2D eigenvalue weighted by molar-refractivity contribution is 6.32. The molecule has 0 radical (unpaired) electrons. The van der Waals surface area contributed by atoms with Crippen molar-refractivity contribution in [3.8, 4) is 5.75 Å². The van der Waals surface area contributed by atoms with E-state index in [0.29, 0.717) is 16.3 Å². The minimum Gasteiger partial charge on any atom is -0.466 e. The molecule has 0 fully saturated rings. The largest absolute Gasteiger partial charge is 0.466 e. The number of carbonyl (C=O) groups is 1. The third kappa shape index (κ3) is 2.72. The van der Waals surface area contributed by atoms with Gasteiger partial charge in [0.15, 0.2) is 6.79 Å². The van der Waals surface area contributed by atoms with E-state index in [0.717, 1.165) is 6.29 Å². The smallest absolute Gasteiger partial charge is 0.188 e. The highest BCUT2D eigenvalue weighted by Gasteiger charge is 2.01. The Bertz CT molecular complexity index is 299. The fourth-order valence-corrected chi connectivity index (χ4v) is 0.998. The quantitative estimate of drug-likeness (QED) is 0.552. The summed E-state index contributed by atoms with van der Waals surface area (Å²) >= 11 is 5.79. The molecule has 3 nitrogen and oxygen atoms in total. The molecule has 1 rings (SSSR count). The van der Waals surface area contributed by atoms with Gasteiger partial charge in [-0.1, -0.05) is 11.6 Å². The van der Waals surface area contributed by atoms with E-state index in [9.17, 15) is 4.79 Å². The van der Waals surface area contributed by atoms with Crippen molar-refractivity contribution in [3.63, 3.8) is 0 Å². The molecule has 0 N–H and O–H groups in total. The highest BCUT2D eigenvalue weighted by atomic mass is 35.5. The highest BCUT2D eigenvalue weighted by Crippen LogP contribution is 2.24. The molecule has 0 saturated carbocycles. The first kappa shape index (κ1) is 10.0. The zero-order valence-electron chi connectivity index (χ0n) is 7.12. The summed E-state index contributed by atoms with van der Waals surface area (Å²) < 4.78 is 9.82. The molecule has 0 aliphatic rings. The van der Waals surface area contributed by atoms with Crippen molar-refractivity contribution in [3.05, 3.63) is 28.8 Å². The van der Waals surface area contributed by atoms with Crippen molar-refractivity contribution >= 4 is 17.9 Å². The molecule has 0 spiro atoms. The van der Waals surface area contributed by atoms with Gasteiger partial charge in [-0.15, -0.1) is 0 Å². The van der Waals surface area contributed by atoms with E-state index in [2.05, 4.69) is 0 Å². The van der Waals surface area contributed by atoms with E-state index in [4.69, 9.17) is 21.1 Å². The maximum absolute atomic E-state index is 10.4. The molecule has 0 aliphatic heterocycles. The number of benzene rings is 1. The lowest BCUT2D eigenvalue weighted by molar-refractivity contribution is 0.0511. The van der Waals surface area contributed by atoms with Gasteiger partial charge >= 0.3 is 0 Å². The van der Waals surface area contributed by atoms with Gasteiger partial charge in [0.05, 0.1) is 5.02 Å². The summed E-state index contributed by atoms with van der Waals surface area (Å²) in [5.74, 6) is 0.452. The lowest BCUT2D eigenvalue weighted by Gasteiger charge is -2.06. The first-order chi connectivity index (χ1) is 6.27. The molecule has 0 unspecified atom stereocenters. The van der Waals surface area contributed by atoms with Crippen LogP contribution in [0.2, 0.25) is 5.02 Å². The van der Waals surface area contributed by atoms with Crippen molar-refractivity contribution in [1.29, 1.82) is 0 Å². The van der Waals surface area contributed by atoms with Crippen LogP contribution in [0.4, 0.5) is 0 Å². The van der Waals surface area contributed by atoms with Gasteiger partial charge in [0, 0.05) is 12.7 Å². The van der Waals surface area contributed by atoms with Crippen LogP contribution in [0, 0.1) is 0 Å². The van der Waals surface area contributed by atoms with Gasteiger partial charge < -0.3 is 9.47 Å². The van der Waals surface area contributed by atoms with Gasteiger partial charge in [0.2, 0.25) is 0 Å². The topological polar surface area (TPSA) is 35.5 Å². The fourth-order valence-electron chi connectivity index (χ4n) is 0.826. The SMILES string of the molecule is COCOc1cc(C=O)ccc1Cl. The second-order valence-corrected chi connectivity index (χ2v) is 2.77. The lowest BCUT2D eigenvalue weighted by Crippen LogP contribution is -1.99. The molecule has 1 aromatic carbocycles. The van der Waals surface area contributed by atoms with Crippen LogP contribution in [0.25, 0.3) is 0 Å². The molecule has 0 saturated heterocycles. The Hall–Kier alpha value is -1.06. The van der Waals surface area contributed by atoms with E-state index in [1.807, 2.05) is 0 Å². The summed E-state index contributed by atoms with van der Waals surface area (Å²) in [4.78, 5) is 10.4. The van der Waals surface area contributed by atoms with Gasteiger partial charge in [-0.05, 0) is 18.2 Å². The number of rotatable bonds is 4. The molecular formula is C9H9ClO3. The number of ether oxygens (including phenoxy) is 2. The molecular weight excluding hydrogens is 192 g/mol. The molecule has 0 heterocycles. The maximum Gasteiger partial charge on any atom is 0.188 e. The zero-order valence-corrected chi connectivity index (χ0v) is 7.88. The molecule has 0 aliphatic carbocycles. The summed E-state index contributed by atoms with van der Waals surface area (Å²) in [5, 5.41) is 0.461. The first-order valence-corrected chi connectivity index (χ1v) is 4.02. The summed E-state index contributed by atoms with van der Waals surface area (Å²) in [7, 11) is 1.51. The van der Waals surface area contributed by atoms with Crippen molar-refractivity contribution in [1.82, 2.24) is 0 Å². The number of methoxy groups -OCH3 is 1. The van der Waals surface area contributed by atoms with Gasteiger partial charge in [-0.3, -0.25) is 4.79 Å². The van der Waals surface area contributed by atoms with Crippen LogP contribution < -0.4 is 4.74 Å². The Morgan fingerprint density at radius 3 is 2.92 bits per heavy atom. The first-order valence-electron chi connectivity index (χ1n) is 3.64. The van der Waals surface area contributed by atoms with Gasteiger partial charge in [0.1, 0.15) is 12.0 Å². The lowest BCUT2D eigenvalue weighted by atomic mass is 10.2. The molecule has 0 atom stereocenters. The number of hydrogen-bond donors (Lipinski definition) is 0. The van der Waals surface area contributed by atoms with Crippen molar-refractivity contribution in [2.75, 3.05) is 13.9 Å². The molecule has 0 bridgehead atoms. The Labute approximate surface area is 81.2 Å². The minimum absolute atomic E-state index is 0.113. The van der Waals surface area contributed by atoms with Crippen LogP contribution in [-0.2, 0) is 4.74 Å². The van der Waals surface area contributed by atoms with Crippen molar-refractivity contribution in [2.45, 2.75) is 0 Å². The Morgan fingerprint density at radius 1 is 1.54 bits per heavy atom. The number of hydrogen-bond acceptors (Lipinski definition) is 3. The number of carbonyl (C=O) groups excluding carboxylic acids is 1. The second-order valence-electron chi connectivity index (χ2n) is 2.36. The van der Waals surface area contributed by atoms with Crippen LogP contribution in [0.15, 0.2) is 18.2 Å². The van der Waals surface area contributed by atoms with Gasteiger partial charge in [-0.2, -0.15) is 0 Å². The second kappa shape index (κ2) is 4.84. The predicted molar refractivity (Wildman–Crippen MR) is 49.3 cm³/mol. The standard InChI is InChI=1S/C9H9ClO3/c1-12-6-13-9-4-7(5-11)2-3-8(9)10/h2-5H,6H2,1H3. The molecule has 70 valence electrons.